The van der Waals surface area contributed by atoms with E-state index in [-0.39, 0.29) is 0 Å². The fourth-order valence-corrected chi connectivity index (χ4v) is 19.5. The van der Waals surface area contributed by atoms with Gasteiger partial charge < -0.3 is 299 Å². The van der Waals surface area contributed by atoms with Crippen molar-refractivity contribution >= 4 is 35.4 Å². The van der Waals surface area contributed by atoms with Gasteiger partial charge in [0.25, 0.3) is 0 Å². The second kappa shape index (κ2) is 54.0. The second-order valence-corrected chi connectivity index (χ2v) is 38.1. The second-order valence-electron chi connectivity index (χ2n) is 38.1. The molecule has 0 aliphatic carbocycles. The summed E-state index contributed by atoms with van der Waals surface area (Å²) in [6.45, 7) is -5.93. The first-order valence-corrected chi connectivity index (χ1v) is 48.0. The Hall–Kier alpha value is -5.34. The topological polar surface area (TPSA) is 1010 Å². The summed E-state index contributed by atoms with van der Waals surface area (Å²) in [7, 11) is 0. The highest BCUT2D eigenvalue weighted by Crippen LogP contribution is 2.43. The van der Waals surface area contributed by atoms with Crippen LogP contribution in [0.2, 0.25) is 0 Å². The quantitative estimate of drug-likeness (QED) is 0.0272. The molecule has 866 valence electrons. The lowest BCUT2D eigenvalue weighted by Gasteiger charge is -2.51. The van der Waals surface area contributed by atoms with E-state index in [1.807, 2.05) is 0 Å². The summed E-state index contributed by atoms with van der Waals surface area (Å²) >= 11 is 0. The smallest absolute Gasteiger partial charge is 0.217 e. The molecule has 0 saturated carbocycles. The Labute approximate surface area is 849 Å². The maximum absolute atomic E-state index is 13.5. The molecule has 12 saturated heterocycles. The number of carbonyl (C=O) groups is 6. The molecule has 0 radical (unpaired) electrons. The zero-order chi connectivity index (χ0) is 110. The van der Waals surface area contributed by atoms with Crippen molar-refractivity contribution in [2.24, 2.45) is 0 Å². The number of amides is 6. The minimum absolute atomic E-state index is 0.856. The van der Waals surface area contributed by atoms with E-state index in [1.54, 1.807) is 0 Å². The molecule has 37 N–H and O–H groups in total. The molecule has 66 nitrogen and oxygen atoms in total. The van der Waals surface area contributed by atoms with Crippen molar-refractivity contribution in [1.82, 2.24) is 31.9 Å². The Morgan fingerprint density at radius 3 is 0.807 bits per heavy atom. The predicted molar refractivity (Wildman–Crippen MR) is 463 cm³/mol. The minimum atomic E-state index is -2.76. The van der Waals surface area contributed by atoms with Gasteiger partial charge in [-0.25, -0.2) is 0 Å². The van der Waals surface area contributed by atoms with Crippen molar-refractivity contribution < 1.29 is 296 Å². The van der Waals surface area contributed by atoms with E-state index < -0.39 is 476 Å². The summed E-state index contributed by atoms with van der Waals surface area (Å²) in [5.41, 5.74) is 0. The highest BCUT2D eigenvalue weighted by Gasteiger charge is 2.64. The molecule has 12 rings (SSSR count). The first-order valence-electron chi connectivity index (χ1n) is 48.0. The standard InChI is InChI=1S/C84H140N6O60/c1-19-43(105)56(118)61(123)79(131-19)129-18-36-69(51(113)37(73(127)132-36)85-20(2)99)144-76-40(88-23(5)102)54(116)68(33(15-98)138-76)147-82-64(126)70(148-84-72(59(121)47(109)29(11-94)136-84)150-78-41(89-24(6)103)53(115)65(31(13-96)139-78)143-75-38(86-21(3)100)50(112)44(106)26(8-91)133-75)49(111)35(141-82)17-130-83-71(149-77-42(90-25(7)104)55(117)67(32(14-97)140-77)146-81-63(125)58(120)46(108)28(10-93)135-81)60(122)48(110)34(142-83)16-128-74-39(87-22(4)101)52(114)66(30(12-95)137-74)145-80-62(124)57(119)45(107)27(9-92)134-80/h19,26-84,91-98,105-127H,8-18H2,1-7H3,(H,85,99)(H,86,100)(H,87,101)(H,88,102)(H,89,103)(H,90,104)/t19-,26+,27+,28+,29+,30+,31+,32+,33+,34+,35+,36+,37+,38+,39+,40+,41+,42+,43+,44-,45-,46-,47+,48+,49+,50+,51+,52-,53+,54+,55+,56+,57-,58-,59-,60-,61-,62+,63+,64-,65+,66+,67+,68+,69+,70-,71-,72-,73+,74-,75-,76-,77-,78-,79+,80-,81-,82-,83-,84+/m0/s1. The molecule has 150 heavy (non-hydrogen) atoms. The van der Waals surface area contributed by atoms with Gasteiger partial charge >= 0.3 is 0 Å². The number of ether oxygens (including phenoxy) is 23. The lowest BCUT2D eigenvalue weighted by atomic mass is 9.93. The van der Waals surface area contributed by atoms with Crippen LogP contribution in [-0.4, -0.2) is 635 Å². The van der Waals surface area contributed by atoms with Crippen molar-refractivity contribution in [1.29, 1.82) is 0 Å². The molecule has 12 fully saturated rings. The van der Waals surface area contributed by atoms with Gasteiger partial charge in [-0.2, -0.15) is 0 Å². The first-order chi connectivity index (χ1) is 70.9. The number of rotatable bonds is 39. The lowest BCUT2D eigenvalue weighted by Crippen LogP contribution is -2.71. The van der Waals surface area contributed by atoms with Gasteiger partial charge in [0, 0.05) is 41.5 Å². The summed E-state index contributed by atoms with van der Waals surface area (Å²) < 4.78 is 139. The molecule has 0 aromatic rings. The van der Waals surface area contributed by atoms with Gasteiger partial charge in [-0.15, -0.1) is 0 Å². The fourth-order valence-electron chi connectivity index (χ4n) is 19.5. The van der Waals surface area contributed by atoms with Crippen LogP contribution in [0.25, 0.3) is 0 Å². The van der Waals surface area contributed by atoms with Crippen molar-refractivity contribution in [3.8, 4) is 0 Å². The van der Waals surface area contributed by atoms with Crippen molar-refractivity contribution in [3.05, 3.63) is 0 Å². The van der Waals surface area contributed by atoms with Crippen LogP contribution in [0.4, 0.5) is 0 Å². The normalized spacial score (nSPS) is 48.8. The summed E-state index contributed by atoms with van der Waals surface area (Å²) in [6, 6.07) is -11.7. The number of nitrogens with one attached hydrogen (secondary N) is 6. The Morgan fingerprint density at radius 1 is 0.187 bits per heavy atom. The molecule has 12 aliphatic heterocycles. The van der Waals surface area contributed by atoms with Crippen LogP contribution in [-0.2, 0) is 138 Å². The molecule has 12 aliphatic rings. The van der Waals surface area contributed by atoms with Gasteiger partial charge in [0.05, 0.1) is 78.8 Å². The molecule has 0 aromatic heterocycles. The summed E-state index contributed by atoms with van der Waals surface area (Å²) in [4.78, 5) is 78.3. The van der Waals surface area contributed by atoms with E-state index in [4.69, 9.17) is 109 Å². The average Bonchev–Trinajstić information content (AvgIpc) is 0.759. The fraction of sp³-hybridized carbons (Fsp3) is 0.929. The van der Waals surface area contributed by atoms with E-state index in [1.165, 1.54) is 6.92 Å². The molecular weight excluding hydrogens is 2050 g/mol. The Bertz CT molecular complexity index is 4240. The molecule has 0 unspecified atom stereocenters. The average molecular weight is 2190 g/mol. The van der Waals surface area contributed by atoms with Gasteiger partial charge in [0.1, 0.15) is 287 Å². The van der Waals surface area contributed by atoms with Crippen LogP contribution in [0.3, 0.4) is 0 Å². The Balaban J connectivity index is 0.918. The van der Waals surface area contributed by atoms with Crippen LogP contribution in [0.5, 0.6) is 0 Å². The number of carbonyl (C=O) groups excluding carboxylic acids is 6. The highest BCUT2D eigenvalue weighted by atomic mass is 16.8. The predicted octanol–water partition coefficient (Wildman–Crippen LogP) is -25.3. The van der Waals surface area contributed by atoms with Crippen LogP contribution in [0, 0.1) is 0 Å². The number of hydrogen-bond acceptors (Lipinski definition) is 60. The third-order valence-corrected chi connectivity index (χ3v) is 27.4. The van der Waals surface area contributed by atoms with Crippen LogP contribution < -0.4 is 31.9 Å². The van der Waals surface area contributed by atoms with Gasteiger partial charge in [-0.05, 0) is 6.92 Å². The van der Waals surface area contributed by atoms with E-state index in [0.29, 0.717) is 0 Å². The number of hydrogen-bond donors (Lipinski definition) is 37. The van der Waals surface area contributed by atoms with Crippen LogP contribution in [0.15, 0.2) is 0 Å². The van der Waals surface area contributed by atoms with Gasteiger partial charge in [0.2, 0.25) is 35.4 Å². The third kappa shape index (κ3) is 27.7. The zero-order valence-electron chi connectivity index (χ0n) is 81.1. The molecule has 0 bridgehead atoms. The monoisotopic (exact) mass is 2190 g/mol. The largest absolute Gasteiger partial charge is 0.394 e. The maximum Gasteiger partial charge on any atom is 0.217 e. The summed E-state index contributed by atoms with van der Waals surface area (Å²) in [5.74, 6) is -5.82. The van der Waals surface area contributed by atoms with Gasteiger partial charge in [-0.3, -0.25) is 28.8 Å². The molecule has 6 amide bonds. The zero-order valence-corrected chi connectivity index (χ0v) is 81.1. The minimum Gasteiger partial charge on any atom is -0.394 e. The van der Waals surface area contributed by atoms with Crippen molar-refractivity contribution in [2.75, 3.05) is 72.7 Å². The van der Waals surface area contributed by atoms with E-state index in [0.717, 1.165) is 41.5 Å². The molecular formula is C84H140N6O60. The van der Waals surface area contributed by atoms with Crippen molar-refractivity contribution in [3.63, 3.8) is 0 Å². The third-order valence-electron chi connectivity index (χ3n) is 27.4. The molecule has 60 atom stereocenters. The van der Waals surface area contributed by atoms with E-state index in [2.05, 4.69) is 31.9 Å². The van der Waals surface area contributed by atoms with Gasteiger partial charge in [-0.1, -0.05) is 0 Å². The summed E-state index contributed by atoms with van der Waals surface area (Å²) in [5, 5.41) is 366. The van der Waals surface area contributed by atoms with E-state index in [9.17, 15) is 187 Å². The van der Waals surface area contributed by atoms with E-state index >= 15 is 0 Å². The molecule has 66 heteroatoms. The highest BCUT2D eigenvalue weighted by molar-refractivity contribution is 5.75. The molecule has 0 aromatic carbocycles. The van der Waals surface area contributed by atoms with Crippen LogP contribution >= 0.6 is 0 Å². The Kier molecular flexibility index (Phi) is 44.4. The maximum atomic E-state index is 13.5. The summed E-state index contributed by atoms with van der Waals surface area (Å²) in [6.07, 6.45) is -116. The first kappa shape index (κ1) is 123. The molecule has 0 spiro atoms. The number of aliphatic hydroxyl groups excluding tert-OH is 31. The van der Waals surface area contributed by atoms with Crippen molar-refractivity contribution in [2.45, 2.75) is 417 Å². The lowest BCUT2D eigenvalue weighted by molar-refractivity contribution is -0.399. The van der Waals surface area contributed by atoms with Gasteiger partial charge in [0.15, 0.2) is 75.5 Å². The Morgan fingerprint density at radius 2 is 0.420 bits per heavy atom. The SMILES string of the molecule is CC(=O)N[C@@H]1[C@@H](O)[C@H](O[C@@H]2O[C@H](CO)[C@@H](O[C@@H]3O[C@H](CO[C@H]4O[C@H](CO[C@H]5O[C@H](CO)[C@@H](O[C@@H]6O[C@H](CO)[C@H](O)[C@H](O)[C@H]6O)[C@@H](O)[C@H]5NC(C)=O)[C@@H](O)[C@H](O)[C@@H]4O[C@@H]4O[C@H](CO)[C@@H](O[C@@H]5O[C@H](CO)[C@H](O)[C@H](O)[C@H]5O)[C@H](O)[C@H]4NC(C)=O)[C@@H](O)[C@H](O[C@H]4O[C@H](CO)[C@@H](O)[C@H](O)[C@@H]4O[C@@H]4O[C@H](CO)[C@@H](O[C@@H]5O[C@H](CO)[C@H](O)[C@H](O)[C@H]5NC(C)=O)[C@H](O)[C@H]4NC(C)=O)[C@@H]3O)[C@H](O)[C@H]2NC(C)=O)[C@@H](CO[C@@H]2O[C@@H](C)[C@@H](O)[C@@H](O)[C@@H]2O)O[C@H]1O. The number of aliphatic hydroxyl groups is 31. The molecule has 12 heterocycles. The van der Waals surface area contributed by atoms with Crippen LogP contribution in [0.1, 0.15) is 48.5 Å².